The van der Waals surface area contributed by atoms with E-state index in [1.54, 1.807) is 19.1 Å². The van der Waals surface area contributed by atoms with Crippen LogP contribution in [0.3, 0.4) is 0 Å². The van der Waals surface area contributed by atoms with E-state index in [1.165, 1.54) is 11.3 Å². The summed E-state index contributed by atoms with van der Waals surface area (Å²) < 4.78 is 29.0. The van der Waals surface area contributed by atoms with Crippen LogP contribution >= 0.6 is 22.9 Å². The molecule has 2 heterocycles. The van der Waals surface area contributed by atoms with Gasteiger partial charge in [-0.1, -0.05) is 16.8 Å². The average Bonchev–Trinajstić information content (AvgIpc) is 2.74. The summed E-state index contributed by atoms with van der Waals surface area (Å²) in [6.45, 7) is 1.64. The molecule has 17 heavy (non-hydrogen) atoms. The van der Waals surface area contributed by atoms with Crippen LogP contribution in [0.2, 0.25) is 4.34 Å². The zero-order valence-corrected chi connectivity index (χ0v) is 11.3. The topological polar surface area (TPSA) is 73.1 Å². The van der Waals surface area contributed by atoms with Gasteiger partial charge < -0.3 is 4.52 Å². The van der Waals surface area contributed by atoms with Crippen molar-refractivity contribution in [1.82, 2.24) is 10.1 Å². The Labute approximate surface area is 107 Å². The molecule has 0 unspecified atom stereocenters. The lowest BCUT2D eigenvalue weighted by atomic mass is 10.5. The highest BCUT2D eigenvalue weighted by atomic mass is 35.5. The lowest BCUT2D eigenvalue weighted by Crippen LogP contribution is -2.06. The van der Waals surface area contributed by atoms with Gasteiger partial charge in [0.2, 0.25) is 5.89 Å². The summed E-state index contributed by atoms with van der Waals surface area (Å²) in [5.41, 5.74) is 0. The predicted octanol–water partition coefficient (Wildman–Crippen LogP) is 2.21. The van der Waals surface area contributed by atoms with Gasteiger partial charge in [0.25, 0.3) is 0 Å². The van der Waals surface area contributed by atoms with Gasteiger partial charge in [-0.2, -0.15) is 4.98 Å². The van der Waals surface area contributed by atoms with Gasteiger partial charge >= 0.3 is 0 Å². The number of thiophene rings is 1. The minimum Gasteiger partial charge on any atom is -0.338 e. The number of hydrogen-bond acceptors (Lipinski definition) is 6. The third kappa shape index (κ3) is 3.52. The van der Waals surface area contributed by atoms with Gasteiger partial charge in [0.15, 0.2) is 15.7 Å². The highest BCUT2D eigenvalue weighted by Gasteiger charge is 2.18. The number of nitrogens with zero attached hydrogens (tertiary/aromatic N) is 2. The number of aromatic nitrogens is 2. The molecule has 0 fully saturated rings. The van der Waals surface area contributed by atoms with Crippen LogP contribution in [0, 0.1) is 6.92 Å². The van der Waals surface area contributed by atoms with Gasteiger partial charge in [0.1, 0.15) is 5.75 Å². The predicted molar refractivity (Wildman–Crippen MR) is 64.7 cm³/mol. The Bertz CT molecular complexity index is 569. The van der Waals surface area contributed by atoms with Crippen LogP contribution in [0.15, 0.2) is 16.7 Å². The van der Waals surface area contributed by atoms with Gasteiger partial charge in [-0.15, -0.1) is 11.3 Å². The lowest BCUT2D eigenvalue weighted by Gasteiger charge is -1.98. The summed E-state index contributed by atoms with van der Waals surface area (Å²) in [6.07, 6.45) is 0. The first-order valence-electron chi connectivity index (χ1n) is 4.68. The van der Waals surface area contributed by atoms with Crippen LogP contribution in [0.5, 0.6) is 0 Å². The molecule has 2 rings (SSSR count). The van der Waals surface area contributed by atoms with E-state index in [0.29, 0.717) is 15.0 Å². The summed E-state index contributed by atoms with van der Waals surface area (Å²) in [5.74, 6) is 0.231. The highest BCUT2D eigenvalue weighted by Crippen LogP contribution is 2.24. The fraction of sp³-hybridized carbons (Fsp3) is 0.333. The van der Waals surface area contributed by atoms with Crippen molar-refractivity contribution in [1.29, 1.82) is 0 Å². The summed E-state index contributed by atoms with van der Waals surface area (Å²) in [7, 11) is -3.31. The first kappa shape index (κ1) is 12.5. The number of aryl methyl sites for hydroxylation is 1. The van der Waals surface area contributed by atoms with Crippen LogP contribution in [-0.4, -0.2) is 18.6 Å². The van der Waals surface area contributed by atoms with Crippen molar-refractivity contribution >= 4 is 32.8 Å². The molecule has 0 radical (unpaired) electrons. The van der Waals surface area contributed by atoms with Crippen molar-refractivity contribution in [3.05, 3.63) is 33.1 Å². The van der Waals surface area contributed by atoms with E-state index in [9.17, 15) is 8.42 Å². The van der Waals surface area contributed by atoms with Crippen molar-refractivity contribution in [2.24, 2.45) is 0 Å². The normalized spacial score (nSPS) is 11.9. The zero-order chi connectivity index (χ0) is 12.5. The molecule has 5 nitrogen and oxygen atoms in total. The Morgan fingerprint density at radius 3 is 2.71 bits per heavy atom. The molecule has 0 aliphatic rings. The molecule has 2 aromatic rings. The Morgan fingerprint density at radius 1 is 1.41 bits per heavy atom. The summed E-state index contributed by atoms with van der Waals surface area (Å²) in [6, 6.07) is 3.37. The third-order valence-corrected chi connectivity index (χ3v) is 4.76. The summed E-state index contributed by atoms with van der Waals surface area (Å²) in [4.78, 5) is 4.56. The third-order valence-electron chi connectivity index (χ3n) is 1.90. The number of hydrogen-bond donors (Lipinski definition) is 0. The largest absolute Gasteiger partial charge is 0.338 e. The Hall–Kier alpha value is -0.920. The minimum atomic E-state index is -3.31. The maximum atomic E-state index is 11.8. The van der Waals surface area contributed by atoms with E-state index >= 15 is 0 Å². The molecule has 0 aromatic carbocycles. The molecule has 0 saturated carbocycles. The standard InChI is InChI=1S/C9H9ClN2O3S2/c1-6-11-9(15-12-6)5-17(13,14)4-7-2-3-8(10)16-7/h2-3H,4-5H2,1H3. The fourth-order valence-electron chi connectivity index (χ4n) is 1.28. The van der Waals surface area contributed by atoms with Crippen LogP contribution < -0.4 is 0 Å². The minimum absolute atomic E-state index is 0.0637. The SMILES string of the molecule is Cc1noc(CS(=O)(=O)Cc2ccc(Cl)s2)n1. The van der Waals surface area contributed by atoms with Gasteiger partial charge in [-0.05, 0) is 19.1 Å². The second kappa shape index (κ2) is 4.75. The van der Waals surface area contributed by atoms with E-state index in [2.05, 4.69) is 10.1 Å². The summed E-state index contributed by atoms with van der Waals surface area (Å²) in [5, 5.41) is 3.54. The number of sulfone groups is 1. The van der Waals surface area contributed by atoms with Crippen molar-refractivity contribution in [3.8, 4) is 0 Å². The average molecular weight is 293 g/mol. The number of rotatable bonds is 4. The zero-order valence-electron chi connectivity index (χ0n) is 8.88. The molecule has 0 spiro atoms. The van der Waals surface area contributed by atoms with Gasteiger partial charge in [-0.3, -0.25) is 0 Å². The molecule has 0 atom stereocenters. The quantitative estimate of drug-likeness (QED) is 0.864. The van der Waals surface area contributed by atoms with Crippen LogP contribution in [0.4, 0.5) is 0 Å². The molecule has 0 saturated heterocycles. The molecule has 0 N–H and O–H groups in total. The van der Waals surface area contributed by atoms with E-state index in [-0.39, 0.29) is 17.4 Å². The van der Waals surface area contributed by atoms with Crippen LogP contribution in [0.25, 0.3) is 0 Å². The maximum absolute atomic E-state index is 11.8. The molecule has 8 heteroatoms. The molecular formula is C9H9ClN2O3S2. The Balaban J connectivity index is 2.09. The van der Waals surface area contributed by atoms with Gasteiger partial charge in [-0.25, -0.2) is 8.42 Å². The first-order chi connectivity index (χ1) is 7.94. The van der Waals surface area contributed by atoms with Gasteiger partial charge in [0, 0.05) is 4.88 Å². The molecular weight excluding hydrogens is 284 g/mol. The second-order valence-electron chi connectivity index (χ2n) is 3.47. The molecule has 2 aromatic heterocycles. The summed E-state index contributed by atoms with van der Waals surface area (Å²) >= 11 is 6.99. The van der Waals surface area contributed by atoms with Gasteiger partial charge in [0.05, 0.1) is 10.1 Å². The molecule has 0 amide bonds. The number of halogens is 1. The Morgan fingerprint density at radius 2 is 2.18 bits per heavy atom. The van der Waals surface area contributed by atoms with Crippen molar-refractivity contribution in [2.75, 3.05) is 0 Å². The Kier molecular flexibility index (Phi) is 3.50. The lowest BCUT2D eigenvalue weighted by molar-refractivity contribution is 0.384. The van der Waals surface area contributed by atoms with Crippen molar-refractivity contribution in [3.63, 3.8) is 0 Å². The molecule has 0 aliphatic carbocycles. The fourth-order valence-corrected chi connectivity index (χ4v) is 4.07. The second-order valence-corrected chi connectivity index (χ2v) is 7.34. The highest BCUT2D eigenvalue weighted by molar-refractivity contribution is 7.89. The van der Waals surface area contributed by atoms with Crippen molar-refractivity contribution in [2.45, 2.75) is 18.4 Å². The molecule has 0 aliphatic heterocycles. The van der Waals surface area contributed by atoms with E-state index in [1.807, 2.05) is 0 Å². The van der Waals surface area contributed by atoms with E-state index < -0.39 is 9.84 Å². The first-order valence-corrected chi connectivity index (χ1v) is 7.70. The smallest absolute Gasteiger partial charge is 0.241 e. The molecule has 0 bridgehead atoms. The maximum Gasteiger partial charge on any atom is 0.241 e. The van der Waals surface area contributed by atoms with E-state index in [4.69, 9.17) is 16.1 Å². The monoisotopic (exact) mass is 292 g/mol. The van der Waals surface area contributed by atoms with Crippen molar-refractivity contribution < 1.29 is 12.9 Å². The van der Waals surface area contributed by atoms with E-state index in [0.717, 1.165) is 0 Å². The van der Waals surface area contributed by atoms with Crippen LogP contribution in [0.1, 0.15) is 16.6 Å². The van der Waals surface area contributed by atoms with Crippen LogP contribution in [-0.2, 0) is 21.3 Å². The molecule has 92 valence electrons.